The van der Waals surface area contributed by atoms with Gasteiger partial charge in [0, 0.05) is 6.04 Å². The van der Waals surface area contributed by atoms with Crippen molar-refractivity contribution in [1.29, 1.82) is 0 Å². The van der Waals surface area contributed by atoms with Crippen LogP contribution in [0.1, 0.15) is 66.2 Å². The number of ether oxygens (including phenoxy) is 1. The Balaban J connectivity index is 2.26. The summed E-state index contributed by atoms with van der Waals surface area (Å²) in [5.41, 5.74) is 0. The van der Waals surface area contributed by atoms with E-state index in [4.69, 9.17) is 4.74 Å². The Morgan fingerprint density at radius 2 is 2.00 bits per heavy atom. The van der Waals surface area contributed by atoms with Crippen LogP contribution >= 0.6 is 0 Å². The zero-order chi connectivity index (χ0) is 12.7. The molecule has 1 fully saturated rings. The van der Waals surface area contributed by atoms with Crippen molar-refractivity contribution >= 4 is 0 Å². The molecular formula is C15H31NO. The van der Waals surface area contributed by atoms with E-state index < -0.39 is 0 Å². The molecule has 4 atom stereocenters. The van der Waals surface area contributed by atoms with Crippen molar-refractivity contribution in [3.63, 3.8) is 0 Å². The third-order valence-corrected chi connectivity index (χ3v) is 4.14. The highest BCUT2D eigenvalue weighted by Crippen LogP contribution is 2.29. The van der Waals surface area contributed by atoms with E-state index in [1.54, 1.807) is 0 Å². The van der Waals surface area contributed by atoms with Gasteiger partial charge in [0.2, 0.25) is 0 Å². The van der Waals surface area contributed by atoms with E-state index in [-0.39, 0.29) is 0 Å². The third kappa shape index (κ3) is 5.39. The van der Waals surface area contributed by atoms with Crippen molar-refractivity contribution in [2.45, 2.75) is 84.5 Å². The van der Waals surface area contributed by atoms with Crippen LogP contribution in [0.2, 0.25) is 0 Å². The quantitative estimate of drug-likeness (QED) is 0.733. The molecule has 102 valence electrons. The molecule has 0 aromatic heterocycles. The summed E-state index contributed by atoms with van der Waals surface area (Å²) in [5, 5.41) is 3.52. The minimum Gasteiger partial charge on any atom is -0.374 e. The van der Waals surface area contributed by atoms with Crippen LogP contribution in [0, 0.1) is 5.92 Å². The first-order chi connectivity index (χ1) is 8.17. The van der Waals surface area contributed by atoms with Crippen molar-refractivity contribution in [2.75, 3.05) is 6.54 Å². The monoisotopic (exact) mass is 241 g/mol. The fourth-order valence-electron chi connectivity index (χ4n) is 2.70. The van der Waals surface area contributed by atoms with Crippen molar-refractivity contribution in [1.82, 2.24) is 5.32 Å². The predicted molar refractivity (Wildman–Crippen MR) is 74.3 cm³/mol. The van der Waals surface area contributed by atoms with Gasteiger partial charge in [-0.15, -0.1) is 0 Å². The Labute approximate surface area is 108 Å². The fourth-order valence-corrected chi connectivity index (χ4v) is 2.70. The highest BCUT2D eigenvalue weighted by atomic mass is 16.5. The van der Waals surface area contributed by atoms with Gasteiger partial charge in [-0.3, -0.25) is 0 Å². The molecule has 2 nitrogen and oxygen atoms in total. The molecule has 1 aliphatic rings. The van der Waals surface area contributed by atoms with Crippen LogP contribution in [0.3, 0.4) is 0 Å². The minimum absolute atomic E-state index is 0.335. The van der Waals surface area contributed by atoms with E-state index in [0.29, 0.717) is 18.2 Å². The molecule has 1 N–H and O–H groups in total. The molecule has 2 heteroatoms. The lowest BCUT2D eigenvalue weighted by Gasteiger charge is -2.32. The zero-order valence-corrected chi connectivity index (χ0v) is 12.2. The highest BCUT2D eigenvalue weighted by molar-refractivity contribution is 4.76. The molecule has 0 radical (unpaired) electrons. The van der Waals surface area contributed by atoms with Crippen LogP contribution in [0.4, 0.5) is 0 Å². The average Bonchev–Trinajstić information content (AvgIpc) is 2.36. The maximum absolute atomic E-state index is 6.22. The van der Waals surface area contributed by atoms with Gasteiger partial charge in [-0.2, -0.15) is 0 Å². The van der Waals surface area contributed by atoms with Crippen molar-refractivity contribution in [2.24, 2.45) is 5.92 Å². The first-order valence-corrected chi connectivity index (χ1v) is 7.56. The molecule has 1 aliphatic carbocycles. The van der Waals surface area contributed by atoms with Crippen molar-refractivity contribution < 1.29 is 4.74 Å². The first kappa shape index (κ1) is 15.0. The van der Waals surface area contributed by atoms with Gasteiger partial charge in [-0.1, -0.05) is 33.1 Å². The van der Waals surface area contributed by atoms with Crippen LogP contribution in [-0.4, -0.2) is 24.8 Å². The molecule has 0 amide bonds. The van der Waals surface area contributed by atoms with Gasteiger partial charge in [-0.25, -0.2) is 0 Å². The van der Waals surface area contributed by atoms with Gasteiger partial charge in [-0.05, 0) is 45.6 Å². The molecule has 0 heterocycles. The standard InChI is InChI=1S/C15H31NO/c1-5-10-16-12(3)13(4)17-15-9-7-8-14(6-2)11-15/h12-16H,5-11H2,1-4H3. The number of hydrogen-bond donors (Lipinski definition) is 1. The van der Waals surface area contributed by atoms with Gasteiger partial charge in [0.25, 0.3) is 0 Å². The summed E-state index contributed by atoms with van der Waals surface area (Å²) in [5.74, 6) is 0.903. The Kier molecular flexibility index (Phi) is 7.14. The number of hydrogen-bond acceptors (Lipinski definition) is 2. The van der Waals surface area contributed by atoms with Gasteiger partial charge < -0.3 is 10.1 Å². The largest absolute Gasteiger partial charge is 0.374 e. The first-order valence-electron chi connectivity index (χ1n) is 7.56. The Morgan fingerprint density at radius 1 is 1.24 bits per heavy atom. The summed E-state index contributed by atoms with van der Waals surface area (Å²) in [7, 11) is 0. The summed E-state index contributed by atoms with van der Waals surface area (Å²) in [6.45, 7) is 10.1. The molecular weight excluding hydrogens is 210 g/mol. The smallest absolute Gasteiger partial charge is 0.0700 e. The second kappa shape index (κ2) is 8.10. The Bertz CT molecular complexity index is 195. The maximum Gasteiger partial charge on any atom is 0.0700 e. The molecule has 0 bridgehead atoms. The predicted octanol–water partition coefficient (Wildman–Crippen LogP) is 3.75. The van der Waals surface area contributed by atoms with Gasteiger partial charge in [0.05, 0.1) is 12.2 Å². The Hall–Kier alpha value is -0.0800. The summed E-state index contributed by atoms with van der Waals surface area (Å²) in [4.78, 5) is 0. The minimum atomic E-state index is 0.335. The summed E-state index contributed by atoms with van der Waals surface area (Å²) < 4.78 is 6.22. The van der Waals surface area contributed by atoms with Gasteiger partial charge >= 0.3 is 0 Å². The Morgan fingerprint density at radius 3 is 2.65 bits per heavy atom. The molecule has 0 aromatic rings. The van der Waals surface area contributed by atoms with E-state index in [9.17, 15) is 0 Å². The normalized spacial score (nSPS) is 28.9. The van der Waals surface area contributed by atoms with E-state index in [0.717, 1.165) is 12.5 Å². The van der Waals surface area contributed by atoms with Crippen LogP contribution in [-0.2, 0) is 4.74 Å². The van der Waals surface area contributed by atoms with Gasteiger partial charge in [0.15, 0.2) is 0 Å². The summed E-state index contributed by atoms with van der Waals surface area (Å²) in [6, 6.07) is 0.469. The van der Waals surface area contributed by atoms with E-state index in [2.05, 4.69) is 33.0 Å². The molecule has 0 saturated heterocycles. The zero-order valence-electron chi connectivity index (χ0n) is 12.2. The van der Waals surface area contributed by atoms with Crippen LogP contribution in [0.15, 0.2) is 0 Å². The molecule has 17 heavy (non-hydrogen) atoms. The third-order valence-electron chi connectivity index (χ3n) is 4.14. The lowest BCUT2D eigenvalue weighted by atomic mass is 9.85. The van der Waals surface area contributed by atoms with Crippen molar-refractivity contribution in [3.05, 3.63) is 0 Å². The fraction of sp³-hybridized carbons (Fsp3) is 1.00. The molecule has 0 aromatic carbocycles. The second-order valence-corrected chi connectivity index (χ2v) is 5.65. The number of rotatable bonds is 7. The van der Waals surface area contributed by atoms with Crippen LogP contribution in [0.25, 0.3) is 0 Å². The molecule has 0 spiro atoms. The molecule has 0 aliphatic heterocycles. The molecule has 1 rings (SSSR count). The highest BCUT2D eigenvalue weighted by Gasteiger charge is 2.24. The maximum atomic E-state index is 6.22. The lowest BCUT2D eigenvalue weighted by molar-refractivity contribution is -0.0450. The van der Waals surface area contributed by atoms with Gasteiger partial charge in [0.1, 0.15) is 0 Å². The SMILES string of the molecule is CCCNC(C)C(C)OC1CCCC(CC)C1. The van der Waals surface area contributed by atoms with Crippen LogP contribution < -0.4 is 5.32 Å². The number of nitrogens with one attached hydrogen (secondary N) is 1. The van der Waals surface area contributed by atoms with E-state index >= 15 is 0 Å². The second-order valence-electron chi connectivity index (χ2n) is 5.65. The van der Waals surface area contributed by atoms with E-state index in [1.165, 1.54) is 38.5 Å². The van der Waals surface area contributed by atoms with Crippen molar-refractivity contribution in [3.8, 4) is 0 Å². The molecule has 1 saturated carbocycles. The molecule has 4 unspecified atom stereocenters. The summed E-state index contributed by atoms with van der Waals surface area (Å²) >= 11 is 0. The van der Waals surface area contributed by atoms with Crippen LogP contribution in [0.5, 0.6) is 0 Å². The topological polar surface area (TPSA) is 21.3 Å². The summed E-state index contributed by atoms with van der Waals surface area (Å²) in [6.07, 6.45) is 8.66. The average molecular weight is 241 g/mol. The van der Waals surface area contributed by atoms with E-state index in [1.807, 2.05) is 0 Å². The lowest BCUT2D eigenvalue weighted by Crippen LogP contribution is -2.40.